The highest BCUT2D eigenvalue weighted by Gasteiger charge is 2.34. The Morgan fingerprint density at radius 1 is 1.07 bits per heavy atom. The summed E-state index contributed by atoms with van der Waals surface area (Å²) < 4.78 is 0. The predicted octanol–water partition coefficient (Wildman–Crippen LogP) is 2.58. The van der Waals surface area contributed by atoms with Gasteiger partial charge in [-0.1, -0.05) is 20.8 Å². The van der Waals surface area contributed by atoms with Gasteiger partial charge in [0.15, 0.2) is 0 Å². The minimum Gasteiger partial charge on any atom is -0.339 e. The summed E-state index contributed by atoms with van der Waals surface area (Å²) in [5, 5.41) is 3.87. The van der Waals surface area contributed by atoms with Crippen LogP contribution in [0.2, 0.25) is 0 Å². The van der Waals surface area contributed by atoms with Crippen LogP contribution in [0, 0.1) is 5.92 Å². The zero-order valence-corrected chi connectivity index (χ0v) is 16.4. The van der Waals surface area contributed by atoms with E-state index in [4.69, 9.17) is 0 Å². The Labute approximate surface area is 163 Å². The molecule has 3 aromatic rings. The first kappa shape index (κ1) is 18.5. The Hall–Kier alpha value is -2.84. The van der Waals surface area contributed by atoms with Crippen LogP contribution in [0.4, 0.5) is 5.69 Å². The largest absolute Gasteiger partial charge is 0.339 e. The van der Waals surface area contributed by atoms with Crippen molar-refractivity contribution < 1.29 is 4.79 Å². The van der Waals surface area contributed by atoms with Crippen LogP contribution in [-0.2, 0) is 4.79 Å². The molecule has 0 radical (unpaired) electrons. The molecule has 3 aromatic heterocycles. The summed E-state index contributed by atoms with van der Waals surface area (Å²) in [4.78, 5) is 29.1. The third-order valence-electron chi connectivity index (χ3n) is 5.30. The zero-order chi connectivity index (χ0) is 19.8. The first-order valence-electron chi connectivity index (χ1n) is 9.55. The molecule has 0 bridgehead atoms. The van der Waals surface area contributed by atoms with Gasteiger partial charge in [-0.2, -0.15) is 0 Å². The number of nitrogens with zero attached hydrogens (tertiary/aromatic N) is 3. The SMILES string of the molecule is CC(C)c1ncc(-c2cc3cc(NC(=O)C4NNC(C)C4C)cnc3[nH]2)cn1. The summed E-state index contributed by atoms with van der Waals surface area (Å²) in [7, 11) is 0. The molecule has 146 valence electrons. The maximum atomic E-state index is 12.6. The van der Waals surface area contributed by atoms with Crippen LogP contribution in [0.5, 0.6) is 0 Å². The van der Waals surface area contributed by atoms with Gasteiger partial charge in [0.05, 0.1) is 17.6 Å². The highest BCUT2D eigenvalue weighted by Crippen LogP contribution is 2.25. The van der Waals surface area contributed by atoms with Gasteiger partial charge in [-0.3, -0.25) is 10.2 Å². The van der Waals surface area contributed by atoms with Crippen molar-refractivity contribution in [1.29, 1.82) is 0 Å². The molecule has 0 saturated carbocycles. The molecule has 4 N–H and O–H groups in total. The summed E-state index contributed by atoms with van der Waals surface area (Å²) in [6.45, 7) is 8.23. The number of carbonyl (C=O) groups excluding carboxylic acids is 1. The van der Waals surface area contributed by atoms with Gasteiger partial charge in [-0.05, 0) is 25.0 Å². The first-order chi connectivity index (χ1) is 13.4. The second kappa shape index (κ2) is 7.29. The topological polar surface area (TPSA) is 108 Å². The number of hydrogen-bond donors (Lipinski definition) is 4. The lowest BCUT2D eigenvalue weighted by Gasteiger charge is -2.15. The molecule has 1 fully saturated rings. The molecule has 8 heteroatoms. The second-order valence-electron chi connectivity index (χ2n) is 7.73. The number of aromatic amines is 1. The fourth-order valence-electron chi connectivity index (χ4n) is 3.31. The molecule has 0 aliphatic carbocycles. The molecule has 0 aromatic carbocycles. The van der Waals surface area contributed by atoms with E-state index in [1.165, 1.54) is 0 Å². The van der Waals surface area contributed by atoms with Crippen molar-refractivity contribution in [3.8, 4) is 11.3 Å². The monoisotopic (exact) mass is 379 g/mol. The van der Waals surface area contributed by atoms with Gasteiger partial charge in [-0.15, -0.1) is 0 Å². The molecule has 8 nitrogen and oxygen atoms in total. The number of nitrogens with one attached hydrogen (secondary N) is 4. The van der Waals surface area contributed by atoms with Gasteiger partial charge in [0.1, 0.15) is 17.5 Å². The zero-order valence-electron chi connectivity index (χ0n) is 16.4. The molecule has 1 saturated heterocycles. The van der Waals surface area contributed by atoms with Crippen LogP contribution in [0.1, 0.15) is 39.4 Å². The van der Waals surface area contributed by atoms with Gasteiger partial charge in [0, 0.05) is 35.3 Å². The Balaban J connectivity index is 1.54. The first-order valence-corrected chi connectivity index (χ1v) is 9.55. The summed E-state index contributed by atoms with van der Waals surface area (Å²) in [5.41, 5.74) is 9.37. The van der Waals surface area contributed by atoms with Crippen LogP contribution in [0.15, 0.2) is 30.7 Å². The van der Waals surface area contributed by atoms with E-state index in [-0.39, 0.29) is 23.9 Å². The molecule has 28 heavy (non-hydrogen) atoms. The van der Waals surface area contributed by atoms with Crippen molar-refractivity contribution in [2.45, 2.75) is 45.7 Å². The molecular formula is C20H25N7O. The second-order valence-corrected chi connectivity index (χ2v) is 7.73. The highest BCUT2D eigenvalue weighted by atomic mass is 16.2. The van der Waals surface area contributed by atoms with E-state index >= 15 is 0 Å². The van der Waals surface area contributed by atoms with E-state index < -0.39 is 0 Å². The van der Waals surface area contributed by atoms with E-state index in [0.29, 0.717) is 11.6 Å². The molecule has 0 spiro atoms. The molecule has 3 atom stereocenters. The van der Waals surface area contributed by atoms with Crippen molar-refractivity contribution in [2.24, 2.45) is 5.92 Å². The Morgan fingerprint density at radius 2 is 1.82 bits per heavy atom. The van der Waals surface area contributed by atoms with Crippen molar-refractivity contribution in [3.63, 3.8) is 0 Å². The number of fused-ring (bicyclic) bond motifs is 1. The number of pyridine rings is 1. The van der Waals surface area contributed by atoms with Crippen molar-refractivity contribution in [1.82, 2.24) is 30.8 Å². The van der Waals surface area contributed by atoms with E-state index in [0.717, 1.165) is 28.1 Å². The lowest BCUT2D eigenvalue weighted by Crippen LogP contribution is -2.41. The predicted molar refractivity (Wildman–Crippen MR) is 109 cm³/mol. The van der Waals surface area contributed by atoms with Gasteiger partial charge < -0.3 is 10.3 Å². The minimum absolute atomic E-state index is 0.0704. The Bertz CT molecular complexity index is 995. The number of aromatic nitrogens is 4. The lowest BCUT2D eigenvalue weighted by atomic mass is 9.97. The van der Waals surface area contributed by atoms with Crippen molar-refractivity contribution >= 4 is 22.6 Å². The molecule has 4 heterocycles. The van der Waals surface area contributed by atoms with Crippen LogP contribution >= 0.6 is 0 Å². The maximum absolute atomic E-state index is 12.6. The van der Waals surface area contributed by atoms with Crippen LogP contribution in [0.25, 0.3) is 22.3 Å². The van der Waals surface area contributed by atoms with Crippen LogP contribution in [0.3, 0.4) is 0 Å². The van der Waals surface area contributed by atoms with Gasteiger partial charge in [0.2, 0.25) is 5.91 Å². The van der Waals surface area contributed by atoms with E-state index in [1.807, 2.05) is 24.5 Å². The Kier molecular flexibility index (Phi) is 4.82. The summed E-state index contributed by atoms with van der Waals surface area (Å²) in [6.07, 6.45) is 5.30. The van der Waals surface area contributed by atoms with Gasteiger partial charge in [-0.25, -0.2) is 20.4 Å². The van der Waals surface area contributed by atoms with Gasteiger partial charge in [0.25, 0.3) is 0 Å². The number of rotatable bonds is 4. The third-order valence-corrected chi connectivity index (χ3v) is 5.30. The summed E-state index contributed by atoms with van der Waals surface area (Å²) in [5.74, 6) is 1.24. The smallest absolute Gasteiger partial charge is 0.243 e. The molecule has 1 amide bonds. The number of anilines is 1. The summed E-state index contributed by atoms with van der Waals surface area (Å²) >= 11 is 0. The van der Waals surface area contributed by atoms with Crippen molar-refractivity contribution in [3.05, 3.63) is 36.5 Å². The van der Waals surface area contributed by atoms with E-state index in [2.05, 4.69) is 63.8 Å². The fraction of sp³-hybridized carbons (Fsp3) is 0.400. The third kappa shape index (κ3) is 3.48. The van der Waals surface area contributed by atoms with Gasteiger partial charge >= 0.3 is 0 Å². The quantitative estimate of drug-likeness (QED) is 0.555. The molecule has 3 unspecified atom stereocenters. The number of carbonyl (C=O) groups is 1. The Morgan fingerprint density at radius 3 is 2.46 bits per heavy atom. The maximum Gasteiger partial charge on any atom is 0.243 e. The average molecular weight is 379 g/mol. The lowest BCUT2D eigenvalue weighted by molar-refractivity contribution is -0.118. The van der Waals surface area contributed by atoms with Crippen LogP contribution < -0.4 is 16.2 Å². The summed E-state index contributed by atoms with van der Waals surface area (Å²) in [6, 6.07) is 3.88. The number of hydrogen-bond acceptors (Lipinski definition) is 6. The average Bonchev–Trinajstić information content (AvgIpc) is 3.25. The van der Waals surface area contributed by atoms with E-state index in [9.17, 15) is 4.79 Å². The molecule has 1 aliphatic heterocycles. The highest BCUT2D eigenvalue weighted by molar-refractivity contribution is 5.97. The van der Waals surface area contributed by atoms with Crippen molar-refractivity contribution in [2.75, 3.05) is 5.32 Å². The van der Waals surface area contributed by atoms with E-state index in [1.54, 1.807) is 6.20 Å². The number of H-pyrrole nitrogens is 1. The van der Waals surface area contributed by atoms with Crippen LogP contribution in [-0.4, -0.2) is 37.9 Å². The normalized spacial score (nSPS) is 22.1. The molecule has 1 aliphatic rings. The minimum atomic E-state index is -0.274. The molecule has 4 rings (SSSR count). The fourth-order valence-corrected chi connectivity index (χ4v) is 3.31. The standard InChI is InChI=1S/C20H25N7O/c1-10(2)18-21-7-14(8-22-18)16-6-13-5-15(9-23-19(13)25-16)24-20(28)17-11(3)12(4)26-27-17/h5-12,17,26-27H,1-4H3,(H,23,25)(H,24,28). The number of amides is 1. The number of hydrazine groups is 1. The molecular weight excluding hydrogens is 354 g/mol.